The van der Waals surface area contributed by atoms with Crippen LogP contribution in [0.15, 0.2) is 6.07 Å². The van der Waals surface area contributed by atoms with Crippen LogP contribution in [-0.2, 0) is 4.79 Å². The molecule has 0 bridgehead atoms. The maximum atomic E-state index is 11.0. The first-order valence-electron chi connectivity index (χ1n) is 4.60. The molecule has 2 atom stereocenters. The first-order valence-corrected chi connectivity index (χ1v) is 5.38. The molecular weight excluding hydrogens is 198 g/mol. The summed E-state index contributed by atoms with van der Waals surface area (Å²) in [7, 11) is 0. The summed E-state index contributed by atoms with van der Waals surface area (Å²) in [4.78, 5) is 12.1. The van der Waals surface area contributed by atoms with Crippen molar-refractivity contribution in [3.63, 3.8) is 0 Å². The highest BCUT2D eigenvalue weighted by Crippen LogP contribution is 2.65. The Morgan fingerprint density at radius 2 is 2.29 bits per heavy atom. The normalized spacial score (nSPS) is 28.8. The summed E-state index contributed by atoms with van der Waals surface area (Å²) in [6.07, 6.45) is 0. The lowest BCUT2D eigenvalue weighted by molar-refractivity contribution is -0.139. The predicted octanol–water partition coefficient (Wildman–Crippen LogP) is 2.28. The monoisotopic (exact) mass is 211 g/mol. The second-order valence-electron chi connectivity index (χ2n) is 4.49. The zero-order valence-corrected chi connectivity index (χ0v) is 9.26. The smallest absolute Gasteiger partial charge is 0.307 e. The summed E-state index contributed by atoms with van der Waals surface area (Å²) in [6, 6.07) is 2.00. The molecule has 76 valence electrons. The van der Waals surface area contributed by atoms with E-state index in [-0.39, 0.29) is 17.3 Å². The summed E-state index contributed by atoms with van der Waals surface area (Å²) >= 11 is 1.43. The number of hydrogen-bond acceptors (Lipinski definition) is 3. The Morgan fingerprint density at radius 1 is 1.64 bits per heavy atom. The molecule has 0 spiro atoms. The topological polar surface area (TPSA) is 50.2 Å². The van der Waals surface area contributed by atoms with E-state index in [1.54, 1.807) is 0 Å². The quantitative estimate of drug-likeness (QED) is 0.816. The van der Waals surface area contributed by atoms with Crippen LogP contribution in [0.5, 0.6) is 0 Å². The molecule has 0 radical (unpaired) electrons. The van der Waals surface area contributed by atoms with E-state index in [1.165, 1.54) is 11.5 Å². The van der Waals surface area contributed by atoms with Gasteiger partial charge in [-0.15, -0.1) is 0 Å². The van der Waals surface area contributed by atoms with Crippen LogP contribution in [0.2, 0.25) is 0 Å². The van der Waals surface area contributed by atoms with E-state index >= 15 is 0 Å². The molecule has 1 aliphatic rings. The summed E-state index contributed by atoms with van der Waals surface area (Å²) in [5, 5.41) is 9.01. The Hall–Kier alpha value is -0.900. The van der Waals surface area contributed by atoms with Gasteiger partial charge in [-0.25, -0.2) is 0 Å². The Bertz CT molecular complexity index is 383. The highest BCUT2D eigenvalue weighted by Gasteiger charge is 2.63. The molecule has 1 aromatic heterocycles. The predicted molar refractivity (Wildman–Crippen MR) is 54.5 cm³/mol. The largest absolute Gasteiger partial charge is 0.481 e. The van der Waals surface area contributed by atoms with Crippen LogP contribution < -0.4 is 0 Å². The van der Waals surface area contributed by atoms with E-state index in [2.05, 4.69) is 4.37 Å². The third-order valence-electron chi connectivity index (χ3n) is 3.05. The Morgan fingerprint density at radius 3 is 2.64 bits per heavy atom. The number of aryl methyl sites for hydroxylation is 1. The highest BCUT2D eigenvalue weighted by molar-refractivity contribution is 7.06. The summed E-state index contributed by atoms with van der Waals surface area (Å²) in [5.41, 5.74) is 0.877. The van der Waals surface area contributed by atoms with Gasteiger partial charge in [-0.2, -0.15) is 4.37 Å². The minimum Gasteiger partial charge on any atom is -0.481 e. The number of carboxylic acids is 1. The van der Waals surface area contributed by atoms with E-state index in [0.717, 1.165) is 10.6 Å². The minimum atomic E-state index is -0.689. The van der Waals surface area contributed by atoms with Crippen LogP contribution in [0.4, 0.5) is 0 Å². The molecule has 1 N–H and O–H groups in total. The average Bonchev–Trinajstić information content (AvgIpc) is 2.42. The number of nitrogens with zero attached hydrogens (tertiary/aromatic N) is 1. The van der Waals surface area contributed by atoms with E-state index in [0.29, 0.717) is 0 Å². The number of aliphatic carboxylic acids is 1. The van der Waals surface area contributed by atoms with Gasteiger partial charge in [0.05, 0.1) is 11.6 Å². The van der Waals surface area contributed by atoms with Gasteiger partial charge in [-0.1, -0.05) is 13.8 Å². The van der Waals surface area contributed by atoms with Crippen molar-refractivity contribution in [1.82, 2.24) is 4.37 Å². The molecule has 0 aliphatic heterocycles. The summed E-state index contributed by atoms with van der Waals surface area (Å²) < 4.78 is 4.19. The fourth-order valence-corrected chi connectivity index (χ4v) is 3.24. The standard InChI is InChI=1S/C10H13NO2S/c1-5-4-6(14-11-5)7-8(9(12)13)10(7,2)3/h4,7-8H,1-3H3,(H,12,13). The van der Waals surface area contributed by atoms with Gasteiger partial charge in [0, 0.05) is 10.8 Å². The SMILES string of the molecule is Cc1cc(C2C(C(=O)O)C2(C)C)sn1. The molecule has 1 aromatic rings. The number of aromatic nitrogens is 1. The third-order valence-corrected chi connectivity index (χ3v) is 4.01. The van der Waals surface area contributed by atoms with Crippen molar-refractivity contribution in [2.45, 2.75) is 26.7 Å². The van der Waals surface area contributed by atoms with Crippen molar-refractivity contribution >= 4 is 17.5 Å². The maximum Gasteiger partial charge on any atom is 0.307 e. The second-order valence-corrected chi connectivity index (χ2v) is 5.32. The molecule has 2 rings (SSSR count). The van der Waals surface area contributed by atoms with Crippen LogP contribution in [0, 0.1) is 18.3 Å². The first kappa shape index (κ1) is 9.65. The van der Waals surface area contributed by atoms with E-state index in [9.17, 15) is 4.79 Å². The van der Waals surface area contributed by atoms with Gasteiger partial charge >= 0.3 is 5.97 Å². The lowest BCUT2D eigenvalue weighted by Crippen LogP contribution is -2.02. The molecule has 1 aliphatic carbocycles. The lowest BCUT2D eigenvalue weighted by Gasteiger charge is -1.97. The van der Waals surface area contributed by atoms with Crippen LogP contribution in [-0.4, -0.2) is 15.4 Å². The van der Waals surface area contributed by atoms with Gasteiger partial charge in [-0.3, -0.25) is 4.79 Å². The Balaban J connectivity index is 2.27. The van der Waals surface area contributed by atoms with Crippen molar-refractivity contribution in [2.24, 2.45) is 11.3 Å². The number of hydrogen-bond donors (Lipinski definition) is 1. The van der Waals surface area contributed by atoms with Crippen molar-refractivity contribution in [3.8, 4) is 0 Å². The van der Waals surface area contributed by atoms with Crippen molar-refractivity contribution in [3.05, 3.63) is 16.6 Å². The fourth-order valence-electron chi connectivity index (χ4n) is 2.16. The minimum absolute atomic E-state index is 0.106. The van der Waals surface area contributed by atoms with Crippen LogP contribution >= 0.6 is 11.5 Å². The Labute approximate surface area is 86.9 Å². The average molecular weight is 211 g/mol. The highest BCUT2D eigenvalue weighted by atomic mass is 32.1. The molecule has 0 amide bonds. The molecule has 2 unspecified atom stereocenters. The van der Waals surface area contributed by atoms with Crippen molar-refractivity contribution in [2.75, 3.05) is 0 Å². The van der Waals surface area contributed by atoms with Gasteiger partial charge in [0.15, 0.2) is 0 Å². The van der Waals surface area contributed by atoms with Crippen LogP contribution in [0.1, 0.15) is 30.3 Å². The zero-order chi connectivity index (χ0) is 10.5. The number of carboxylic acid groups (broad SMARTS) is 1. The molecule has 1 fully saturated rings. The van der Waals surface area contributed by atoms with Crippen molar-refractivity contribution < 1.29 is 9.90 Å². The lowest BCUT2D eigenvalue weighted by atomic mass is 10.1. The molecule has 3 nitrogen and oxygen atoms in total. The first-order chi connectivity index (χ1) is 6.44. The van der Waals surface area contributed by atoms with Gasteiger partial charge in [0.25, 0.3) is 0 Å². The van der Waals surface area contributed by atoms with Crippen LogP contribution in [0.25, 0.3) is 0 Å². The molecule has 1 saturated carbocycles. The maximum absolute atomic E-state index is 11.0. The molecule has 14 heavy (non-hydrogen) atoms. The van der Waals surface area contributed by atoms with Gasteiger partial charge in [0.2, 0.25) is 0 Å². The van der Waals surface area contributed by atoms with Crippen molar-refractivity contribution in [1.29, 1.82) is 0 Å². The second kappa shape index (κ2) is 2.79. The van der Waals surface area contributed by atoms with E-state index in [4.69, 9.17) is 5.11 Å². The summed E-state index contributed by atoms with van der Waals surface area (Å²) in [6.45, 7) is 5.95. The third kappa shape index (κ3) is 1.25. The summed E-state index contributed by atoms with van der Waals surface area (Å²) in [5.74, 6) is -0.764. The van der Waals surface area contributed by atoms with Gasteiger partial charge in [0.1, 0.15) is 0 Å². The van der Waals surface area contributed by atoms with E-state index in [1.807, 2.05) is 26.8 Å². The molecular formula is C10H13NO2S. The van der Waals surface area contributed by atoms with Gasteiger partial charge < -0.3 is 5.11 Å². The number of carbonyl (C=O) groups is 1. The molecule has 0 saturated heterocycles. The Kier molecular flexibility index (Phi) is 1.93. The molecule has 0 aromatic carbocycles. The molecule has 4 heteroatoms. The number of rotatable bonds is 2. The molecule has 1 heterocycles. The zero-order valence-electron chi connectivity index (χ0n) is 8.44. The van der Waals surface area contributed by atoms with E-state index < -0.39 is 5.97 Å². The van der Waals surface area contributed by atoms with Gasteiger partial charge in [-0.05, 0) is 29.9 Å². The van der Waals surface area contributed by atoms with Crippen LogP contribution in [0.3, 0.4) is 0 Å². The fraction of sp³-hybridized carbons (Fsp3) is 0.600.